The van der Waals surface area contributed by atoms with Gasteiger partial charge in [0.2, 0.25) is 10.0 Å². The molecule has 0 saturated heterocycles. The van der Waals surface area contributed by atoms with Crippen LogP contribution in [-0.4, -0.2) is 19.8 Å². The highest BCUT2D eigenvalue weighted by Crippen LogP contribution is 2.27. The van der Waals surface area contributed by atoms with E-state index in [0.29, 0.717) is 16.7 Å². The summed E-state index contributed by atoms with van der Waals surface area (Å²) in [6.07, 6.45) is 0. The third-order valence-corrected chi connectivity index (χ3v) is 5.57. The van der Waals surface area contributed by atoms with Gasteiger partial charge in [0.25, 0.3) is 0 Å². The smallest absolute Gasteiger partial charge is 0.207 e. The number of benzene rings is 2. The van der Waals surface area contributed by atoms with E-state index in [1.165, 1.54) is 7.05 Å². The molecule has 0 aliphatic carbocycles. The summed E-state index contributed by atoms with van der Waals surface area (Å²) in [5.74, 6) is -1.88. The second-order valence-electron chi connectivity index (χ2n) is 4.85. The zero-order valence-corrected chi connectivity index (χ0v) is 13.5. The van der Waals surface area contributed by atoms with E-state index in [9.17, 15) is 17.2 Å². The van der Waals surface area contributed by atoms with Crippen molar-refractivity contribution in [3.8, 4) is 0 Å². The molecule has 0 amide bonds. The summed E-state index contributed by atoms with van der Waals surface area (Å²) in [6, 6.07) is 8.39. The first-order valence-corrected chi connectivity index (χ1v) is 8.23. The Morgan fingerprint density at radius 3 is 2.05 bits per heavy atom. The van der Waals surface area contributed by atoms with E-state index in [2.05, 4.69) is 0 Å². The quantitative estimate of drug-likeness (QED) is 0.840. The molecule has 22 heavy (non-hydrogen) atoms. The van der Waals surface area contributed by atoms with E-state index in [4.69, 9.17) is 11.6 Å². The van der Waals surface area contributed by atoms with E-state index >= 15 is 0 Å². The first-order valence-electron chi connectivity index (χ1n) is 6.41. The first-order chi connectivity index (χ1) is 10.2. The number of hydrogen-bond acceptors (Lipinski definition) is 2. The predicted molar refractivity (Wildman–Crippen MR) is 81.2 cm³/mol. The van der Waals surface area contributed by atoms with Crippen LogP contribution in [0.5, 0.6) is 0 Å². The molecule has 0 bridgehead atoms. The first kappa shape index (κ1) is 16.9. The van der Waals surface area contributed by atoms with Crippen molar-refractivity contribution >= 4 is 21.6 Å². The van der Waals surface area contributed by atoms with Crippen LogP contribution in [0.25, 0.3) is 0 Å². The van der Waals surface area contributed by atoms with Gasteiger partial charge in [-0.2, -0.15) is 4.31 Å². The van der Waals surface area contributed by atoms with Crippen LogP contribution in [0.4, 0.5) is 8.78 Å². The van der Waals surface area contributed by atoms with Crippen LogP contribution in [-0.2, 0) is 10.0 Å². The standard InChI is InChI=1S/C15H14ClF2NO2S/c1-10(11-3-5-12(16)6-4-11)19(2)22(20,21)15-8-13(17)7-14(18)9-15/h3-10H,1-2H3/t10-/m0/s1. The van der Waals surface area contributed by atoms with Crippen molar-refractivity contribution in [2.45, 2.75) is 17.9 Å². The third kappa shape index (κ3) is 3.45. The highest BCUT2D eigenvalue weighted by atomic mass is 35.5. The molecule has 0 aromatic heterocycles. The summed E-state index contributed by atoms with van der Waals surface area (Å²) in [4.78, 5) is -0.423. The Bertz CT molecular complexity index is 758. The average Bonchev–Trinajstić information content (AvgIpc) is 2.45. The number of halogens is 3. The Kier molecular flexibility index (Phi) is 4.84. The molecule has 0 spiro atoms. The SMILES string of the molecule is C[C@@H](c1ccc(Cl)cc1)N(C)S(=O)(=O)c1cc(F)cc(F)c1. The maximum absolute atomic E-state index is 13.3. The zero-order chi connectivity index (χ0) is 16.5. The maximum Gasteiger partial charge on any atom is 0.243 e. The minimum absolute atomic E-state index is 0.423. The van der Waals surface area contributed by atoms with Crippen molar-refractivity contribution in [3.63, 3.8) is 0 Å². The second-order valence-corrected chi connectivity index (χ2v) is 7.29. The van der Waals surface area contributed by atoms with E-state index in [1.54, 1.807) is 31.2 Å². The van der Waals surface area contributed by atoms with Gasteiger partial charge in [0.15, 0.2) is 0 Å². The Morgan fingerprint density at radius 2 is 1.55 bits per heavy atom. The molecule has 118 valence electrons. The van der Waals surface area contributed by atoms with Crippen LogP contribution in [0.15, 0.2) is 47.4 Å². The van der Waals surface area contributed by atoms with Crippen molar-refractivity contribution in [2.75, 3.05) is 7.05 Å². The minimum Gasteiger partial charge on any atom is -0.207 e. The molecular weight excluding hydrogens is 332 g/mol. The van der Waals surface area contributed by atoms with Gasteiger partial charge in [-0.3, -0.25) is 0 Å². The monoisotopic (exact) mass is 345 g/mol. The zero-order valence-electron chi connectivity index (χ0n) is 11.9. The topological polar surface area (TPSA) is 37.4 Å². The van der Waals surface area contributed by atoms with Crippen LogP contribution >= 0.6 is 11.6 Å². The Hall–Kier alpha value is -1.50. The average molecular weight is 346 g/mol. The molecular formula is C15H14ClF2NO2S. The molecule has 0 aliphatic rings. The molecule has 0 N–H and O–H groups in total. The second kappa shape index (κ2) is 6.32. The number of sulfonamides is 1. The van der Waals surface area contributed by atoms with Gasteiger partial charge in [0.1, 0.15) is 11.6 Å². The summed E-state index contributed by atoms with van der Waals surface area (Å²) in [7, 11) is -2.66. The molecule has 0 aliphatic heterocycles. The Labute approximate surface area is 133 Å². The fourth-order valence-electron chi connectivity index (χ4n) is 2.00. The van der Waals surface area contributed by atoms with Gasteiger partial charge in [-0.05, 0) is 36.8 Å². The van der Waals surface area contributed by atoms with Gasteiger partial charge in [-0.25, -0.2) is 17.2 Å². The van der Waals surface area contributed by atoms with E-state index in [1.807, 2.05) is 0 Å². The van der Waals surface area contributed by atoms with Crippen LogP contribution < -0.4 is 0 Å². The lowest BCUT2D eigenvalue weighted by molar-refractivity contribution is 0.397. The minimum atomic E-state index is -4.02. The van der Waals surface area contributed by atoms with Gasteiger partial charge < -0.3 is 0 Å². The summed E-state index contributed by atoms with van der Waals surface area (Å²) >= 11 is 5.80. The molecule has 2 rings (SSSR count). The fraction of sp³-hybridized carbons (Fsp3) is 0.200. The largest absolute Gasteiger partial charge is 0.243 e. The van der Waals surface area contributed by atoms with Crippen LogP contribution in [0.1, 0.15) is 18.5 Å². The van der Waals surface area contributed by atoms with Gasteiger partial charge in [0.05, 0.1) is 4.90 Å². The summed E-state index contributed by atoms with van der Waals surface area (Å²) in [5.41, 5.74) is 0.715. The number of rotatable bonds is 4. The maximum atomic E-state index is 13.3. The summed E-state index contributed by atoms with van der Waals surface area (Å²) in [5, 5.41) is 0.536. The third-order valence-electron chi connectivity index (χ3n) is 3.41. The molecule has 0 unspecified atom stereocenters. The highest BCUT2D eigenvalue weighted by Gasteiger charge is 2.27. The lowest BCUT2D eigenvalue weighted by atomic mass is 10.1. The summed E-state index contributed by atoms with van der Waals surface area (Å²) < 4.78 is 52.5. The normalized spacial score (nSPS) is 13.4. The molecule has 3 nitrogen and oxygen atoms in total. The predicted octanol–water partition coefficient (Wildman–Crippen LogP) is 4.00. The van der Waals surface area contributed by atoms with Gasteiger partial charge >= 0.3 is 0 Å². The lowest BCUT2D eigenvalue weighted by Crippen LogP contribution is -2.30. The van der Waals surface area contributed by atoms with E-state index in [0.717, 1.165) is 16.4 Å². The molecule has 0 fully saturated rings. The molecule has 0 saturated carbocycles. The van der Waals surface area contributed by atoms with Crippen LogP contribution in [0.3, 0.4) is 0 Å². The molecule has 2 aromatic rings. The van der Waals surface area contributed by atoms with E-state index < -0.39 is 32.6 Å². The van der Waals surface area contributed by atoms with Crippen molar-refractivity contribution in [1.82, 2.24) is 4.31 Å². The lowest BCUT2D eigenvalue weighted by Gasteiger charge is -2.24. The molecule has 2 aromatic carbocycles. The van der Waals surface area contributed by atoms with Crippen LogP contribution in [0, 0.1) is 11.6 Å². The number of hydrogen-bond donors (Lipinski definition) is 0. The molecule has 0 radical (unpaired) electrons. The van der Waals surface area contributed by atoms with Gasteiger partial charge in [-0.1, -0.05) is 23.7 Å². The Balaban J connectivity index is 2.37. The number of nitrogens with zero attached hydrogens (tertiary/aromatic N) is 1. The Morgan fingerprint density at radius 1 is 1.05 bits per heavy atom. The molecule has 0 heterocycles. The molecule has 1 atom stereocenters. The summed E-state index contributed by atoms with van der Waals surface area (Å²) in [6.45, 7) is 1.68. The van der Waals surface area contributed by atoms with Crippen molar-refractivity contribution < 1.29 is 17.2 Å². The van der Waals surface area contributed by atoms with Gasteiger partial charge in [0, 0.05) is 24.2 Å². The van der Waals surface area contributed by atoms with E-state index in [-0.39, 0.29) is 0 Å². The highest BCUT2D eigenvalue weighted by molar-refractivity contribution is 7.89. The fourth-order valence-corrected chi connectivity index (χ4v) is 3.52. The van der Waals surface area contributed by atoms with Gasteiger partial charge in [-0.15, -0.1) is 0 Å². The van der Waals surface area contributed by atoms with Crippen LogP contribution in [0.2, 0.25) is 5.02 Å². The van der Waals surface area contributed by atoms with Crippen molar-refractivity contribution in [2.24, 2.45) is 0 Å². The van der Waals surface area contributed by atoms with Crippen molar-refractivity contribution in [3.05, 3.63) is 64.7 Å². The van der Waals surface area contributed by atoms with Crippen molar-refractivity contribution in [1.29, 1.82) is 0 Å². The molecule has 7 heteroatoms.